The molecule has 0 spiro atoms. The zero-order valence-corrected chi connectivity index (χ0v) is 16.1. The Hall–Kier alpha value is -2.61. The van der Waals surface area contributed by atoms with Crippen LogP contribution < -0.4 is 14.8 Å². The zero-order valence-electron chi connectivity index (χ0n) is 15.3. The molecule has 1 atom stereocenters. The Labute approximate surface area is 162 Å². The highest BCUT2D eigenvalue weighted by Crippen LogP contribution is 2.43. The van der Waals surface area contributed by atoms with E-state index in [9.17, 15) is 17.6 Å². The standard InChI is InChI=1S/C20H20FNO5S/c1-28(24,25)14-5-6-16(21)15(11-14)20(23)22-19(12-2-3-12)13-4-7-17-18(10-13)27-9-8-26-17/h4-7,10-12,19H,2-3,8-9H2,1H3,(H,22,23)/t19-/m0/s1. The number of hydrogen-bond donors (Lipinski definition) is 1. The molecule has 1 amide bonds. The van der Waals surface area contributed by atoms with E-state index in [-0.39, 0.29) is 22.4 Å². The number of nitrogens with one attached hydrogen (secondary N) is 1. The lowest BCUT2D eigenvalue weighted by Crippen LogP contribution is -2.31. The van der Waals surface area contributed by atoms with Gasteiger partial charge in [0.2, 0.25) is 0 Å². The van der Waals surface area contributed by atoms with Crippen molar-refractivity contribution >= 4 is 15.7 Å². The molecule has 2 aliphatic rings. The Morgan fingerprint density at radius 1 is 1.11 bits per heavy atom. The lowest BCUT2D eigenvalue weighted by Gasteiger charge is -2.23. The van der Waals surface area contributed by atoms with E-state index in [1.807, 2.05) is 12.1 Å². The van der Waals surface area contributed by atoms with Crippen molar-refractivity contribution in [2.24, 2.45) is 5.92 Å². The van der Waals surface area contributed by atoms with Gasteiger partial charge in [-0.1, -0.05) is 6.07 Å². The van der Waals surface area contributed by atoms with E-state index in [2.05, 4.69) is 5.32 Å². The first-order valence-electron chi connectivity index (χ1n) is 9.03. The number of carbonyl (C=O) groups is 1. The number of benzene rings is 2. The first-order chi connectivity index (χ1) is 13.3. The minimum Gasteiger partial charge on any atom is -0.486 e. The van der Waals surface area contributed by atoms with Gasteiger partial charge >= 0.3 is 0 Å². The van der Waals surface area contributed by atoms with Gasteiger partial charge in [0, 0.05) is 6.26 Å². The first kappa shape index (κ1) is 18.7. The Morgan fingerprint density at radius 3 is 2.50 bits per heavy atom. The number of amides is 1. The highest BCUT2D eigenvalue weighted by atomic mass is 32.2. The molecule has 148 valence electrons. The van der Waals surface area contributed by atoms with Gasteiger partial charge in [-0.3, -0.25) is 4.79 Å². The molecule has 1 N–H and O–H groups in total. The summed E-state index contributed by atoms with van der Waals surface area (Å²) in [5.41, 5.74) is 0.561. The second-order valence-corrected chi connectivity index (χ2v) is 9.12. The monoisotopic (exact) mass is 405 g/mol. The fourth-order valence-electron chi connectivity index (χ4n) is 3.28. The van der Waals surface area contributed by atoms with Crippen molar-refractivity contribution in [1.29, 1.82) is 0 Å². The zero-order chi connectivity index (χ0) is 19.9. The molecule has 0 aromatic heterocycles. The van der Waals surface area contributed by atoms with Gasteiger partial charge < -0.3 is 14.8 Å². The number of fused-ring (bicyclic) bond motifs is 1. The maximum Gasteiger partial charge on any atom is 0.254 e. The van der Waals surface area contributed by atoms with E-state index in [4.69, 9.17) is 9.47 Å². The number of sulfone groups is 1. The average molecular weight is 405 g/mol. The summed E-state index contributed by atoms with van der Waals surface area (Å²) in [6.07, 6.45) is 2.92. The van der Waals surface area contributed by atoms with Crippen LogP contribution in [0.2, 0.25) is 0 Å². The molecule has 0 radical (unpaired) electrons. The van der Waals surface area contributed by atoms with Gasteiger partial charge in [-0.25, -0.2) is 12.8 Å². The molecule has 28 heavy (non-hydrogen) atoms. The Kier molecular flexibility index (Phi) is 4.74. The summed E-state index contributed by atoms with van der Waals surface area (Å²) in [5, 5.41) is 2.87. The number of rotatable bonds is 5. The summed E-state index contributed by atoms with van der Waals surface area (Å²) >= 11 is 0. The molecule has 0 unspecified atom stereocenters. The molecule has 0 saturated heterocycles. The molecular formula is C20H20FNO5S. The van der Waals surface area contributed by atoms with Crippen molar-refractivity contribution in [2.75, 3.05) is 19.5 Å². The van der Waals surface area contributed by atoms with Gasteiger partial charge in [-0.2, -0.15) is 0 Å². The van der Waals surface area contributed by atoms with Crippen LogP contribution in [0, 0.1) is 11.7 Å². The molecule has 0 bridgehead atoms. The number of carbonyl (C=O) groups excluding carboxylic acids is 1. The summed E-state index contributed by atoms with van der Waals surface area (Å²) in [7, 11) is -3.55. The fourth-order valence-corrected chi connectivity index (χ4v) is 3.93. The van der Waals surface area contributed by atoms with Crippen molar-refractivity contribution in [2.45, 2.75) is 23.8 Å². The molecule has 6 nitrogen and oxygen atoms in total. The summed E-state index contributed by atoms with van der Waals surface area (Å²) in [6.45, 7) is 0.950. The summed E-state index contributed by atoms with van der Waals surface area (Å²) < 4.78 is 48.8. The highest BCUT2D eigenvalue weighted by molar-refractivity contribution is 7.90. The van der Waals surface area contributed by atoms with Gasteiger partial charge in [-0.05, 0) is 54.7 Å². The molecule has 1 saturated carbocycles. The molecule has 1 aliphatic heterocycles. The van der Waals surface area contributed by atoms with Crippen molar-refractivity contribution in [1.82, 2.24) is 5.32 Å². The second kappa shape index (κ2) is 7.09. The number of hydrogen-bond acceptors (Lipinski definition) is 5. The molecule has 4 rings (SSSR count). The Balaban J connectivity index is 1.62. The van der Waals surface area contributed by atoms with E-state index >= 15 is 0 Å². The largest absolute Gasteiger partial charge is 0.486 e. The molecule has 1 aliphatic carbocycles. The molecule has 2 aromatic carbocycles. The van der Waals surface area contributed by atoms with E-state index in [1.165, 1.54) is 0 Å². The maximum atomic E-state index is 14.2. The number of ether oxygens (including phenoxy) is 2. The summed E-state index contributed by atoms with van der Waals surface area (Å²) in [4.78, 5) is 12.7. The smallest absolute Gasteiger partial charge is 0.254 e. The Morgan fingerprint density at radius 2 is 1.82 bits per heavy atom. The maximum absolute atomic E-state index is 14.2. The lowest BCUT2D eigenvalue weighted by molar-refractivity contribution is 0.0927. The number of halogens is 1. The third-order valence-corrected chi connectivity index (χ3v) is 6.03. The van der Waals surface area contributed by atoms with Crippen LogP contribution in [0.1, 0.15) is 34.8 Å². The third kappa shape index (κ3) is 3.82. The van der Waals surface area contributed by atoms with Crippen LogP contribution in [-0.2, 0) is 9.84 Å². The lowest BCUT2D eigenvalue weighted by atomic mass is 10.0. The fraction of sp³-hybridized carbons (Fsp3) is 0.350. The molecule has 8 heteroatoms. The van der Waals surface area contributed by atoms with Gasteiger partial charge in [-0.15, -0.1) is 0 Å². The van der Waals surface area contributed by atoms with Crippen LogP contribution in [0.4, 0.5) is 4.39 Å². The van der Waals surface area contributed by atoms with Crippen LogP contribution in [0.3, 0.4) is 0 Å². The third-order valence-electron chi connectivity index (χ3n) is 4.92. The molecule has 1 fully saturated rings. The van der Waals surface area contributed by atoms with Gasteiger partial charge in [0.1, 0.15) is 19.0 Å². The van der Waals surface area contributed by atoms with Gasteiger partial charge in [0.05, 0.1) is 16.5 Å². The van der Waals surface area contributed by atoms with Crippen LogP contribution in [0.25, 0.3) is 0 Å². The van der Waals surface area contributed by atoms with Crippen molar-refractivity contribution in [3.05, 3.63) is 53.3 Å². The Bertz CT molecular complexity index is 1030. The van der Waals surface area contributed by atoms with Crippen LogP contribution >= 0.6 is 0 Å². The predicted molar refractivity (Wildman–Crippen MR) is 99.9 cm³/mol. The van der Waals surface area contributed by atoms with Crippen molar-refractivity contribution < 1.29 is 27.1 Å². The minimum atomic E-state index is -3.55. The van der Waals surface area contributed by atoms with Crippen molar-refractivity contribution in [3.63, 3.8) is 0 Å². The SMILES string of the molecule is CS(=O)(=O)c1ccc(F)c(C(=O)N[C@H](c2ccc3c(c2)OCCO3)C2CC2)c1. The van der Waals surface area contributed by atoms with E-state index in [0.717, 1.165) is 42.9 Å². The topological polar surface area (TPSA) is 81.7 Å². The van der Waals surface area contributed by atoms with E-state index < -0.39 is 21.6 Å². The van der Waals surface area contributed by atoms with E-state index in [0.29, 0.717) is 24.7 Å². The summed E-state index contributed by atoms with van der Waals surface area (Å²) in [5.74, 6) is 0.112. The normalized spacial score (nSPS) is 17.1. The van der Waals surface area contributed by atoms with E-state index in [1.54, 1.807) is 6.07 Å². The second-order valence-electron chi connectivity index (χ2n) is 7.11. The van der Waals surface area contributed by atoms with Crippen LogP contribution in [0.15, 0.2) is 41.3 Å². The molecular weight excluding hydrogens is 385 g/mol. The first-order valence-corrected chi connectivity index (χ1v) is 10.9. The van der Waals surface area contributed by atoms with Crippen molar-refractivity contribution in [3.8, 4) is 11.5 Å². The van der Waals surface area contributed by atoms with Crippen LogP contribution in [-0.4, -0.2) is 33.8 Å². The quantitative estimate of drug-likeness (QED) is 0.774. The van der Waals surface area contributed by atoms with Crippen LogP contribution in [0.5, 0.6) is 11.5 Å². The minimum absolute atomic E-state index is 0.0960. The molecule has 2 aromatic rings. The predicted octanol–water partition coefficient (Wildman–Crippen LogP) is 2.88. The highest BCUT2D eigenvalue weighted by Gasteiger charge is 2.35. The summed E-state index contributed by atoms with van der Waals surface area (Å²) in [6, 6.07) is 8.41. The van der Waals surface area contributed by atoms with Gasteiger partial charge in [0.15, 0.2) is 21.3 Å². The average Bonchev–Trinajstić information content (AvgIpc) is 3.50. The molecule has 1 heterocycles. The van der Waals surface area contributed by atoms with Gasteiger partial charge in [0.25, 0.3) is 5.91 Å².